The molecule has 0 N–H and O–H groups in total. The van der Waals surface area contributed by atoms with Crippen LogP contribution in [0.25, 0.3) is 73.9 Å². The van der Waals surface area contributed by atoms with Gasteiger partial charge in [0, 0.05) is 68.2 Å². The number of halogens is 3. The van der Waals surface area contributed by atoms with E-state index in [1.54, 1.807) is 36.4 Å². The molecular formula is C141H97F3N4O2. The van der Waals surface area contributed by atoms with Gasteiger partial charge in [0.05, 0.1) is 16.2 Å². The molecular weight excluding hydrogens is 1840 g/mol. The molecule has 0 aromatic heterocycles. The molecule has 3 aliphatic carbocycles. The second-order valence-corrected chi connectivity index (χ2v) is 38.3. The molecule has 6 nitrogen and oxygen atoms in total. The minimum atomic E-state index is -1.01. The topological polar surface area (TPSA) is 31.4 Å². The zero-order chi connectivity index (χ0) is 101. The number of nitrogens with zero attached hydrogens (tertiary/aromatic N) is 4. The Morgan fingerprint density at radius 1 is 0.167 bits per heavy atom. The van der Waals surface area contributed by atoms with E-state index in [1.165, 1.54) is 0 Å². The van der Waals surface area contributed by atoms with E-state index in [0.717, 1.165) is 219 Å². The first-order valence-corrected chi connectivity index (χ1v) is 50.5. The molecule has 0 radical (unpaired) electrons. The van der Waals surface area contributed by atoms with Gasteiger partial charge in [-0.25, -0.2) is 13.2 Å². The lowest BCUT2D eigenvalue weighted by Gasteiger charge is -2.36. The Labute approximate surface area is 872 Å². The van der Waals surface area contributed by atoms with Gasteiger partial charge in [-0.2, -0.15) is 0 Å². The standard InChI is InChI=1S/C141H97F3N4O2/c1-4-95-35-49-102(50-36-95)141(105-55-65-110(144)66-56-105)137-93-121(147(113-27-15-9-16-28-113)117-71-45-100(46-72-117)98-41-67-115(68-42-98)145(111-23-11-7-12-24-111)119-75-87-129-127-31-19-21-33-133(127)139(135(129)91-119,103-51-61-108(142)62-52-103)106-57-83-125(84-58-106)149-123-79-37-96(5-2)38-80-123)77-89-131(137)132-90-78-122(94-138(132)141)148(114-29-17-10-18-30-114)118-73-47-101(48-74-118)99-43-69-116(70-44-99)146(112-25-13-8-14-26-112)120-76-88-130-128-32-20-22-34-134(128)140(136(130)92-120,104-53-63-109(143)64-54-104)107-59-85-126(86-60-107)150-124-81-39-97(6-3)40-82-124/h4-94H,1-3H2. The van der Waals surface area contributed by atoms with Crippen molar-refractivity contribution in [2.45, 2.75) is 16.2 Å². The fraction of sp³-hybridized carbons (Fsp3) is 0.0213. The molecule has 9 heteroatoms. The van der Waals surface area contributed by atoms with Gasteiger partial charge >= 0.3 is 0 Å². The van der Waals surface area contributed by atoms with E-state index < -0.39 is 16.2 Å². The van der Waals surface area contributed by atoms with Crippen LogP contribution in [0.3, 0.4) is 0 Å². The van der Waals surface area contributed by atoms with Crippen LogP contribution >= 0.6 is 0 Å². The minimum absolute atomic E-state index is 0.306. The molecule has 714 valence electrons. The highest BCUT2D eigenvalue weighted by molar-refractivity contribution is 5.96. The van der Waals surface area contributed by atoms with Crippen molar-refractivity contribution in [3.63, 3.8) is 0 Å². The number of rotatable bonds is 27. The van der Waals surface area contributed by atoms with Gasteiger partial charge in [-0.15, -0.1) is 0 Å². The smallest absolute Gasteiger partial charge is 0.127 e. The zero-order valence-corrected chi connectivity index (χ0v) is 81.9. The first kappa shape index (κ1) is 91.8. The van der Waals surface area contributed by atoms with Crippen molar-refractivity contribution in [1.29, 1.82) is 0 Å². The maximum atomic E-state index is 16.0. The number of ether oxygens (including phenoxy) is 2. The van der Waals surface area contributed by atoms with E-state index in [0.29, 0.717) is 11.5 Å². The van der Waals surface area contributed by atoms with Gasteiger partial charge in [-0.05, 0) is 370 Å². The van der Waals surface area contributed by atoms with Gasteiger partial charge < -0.3 is 29.1 Å². The molecule has 150 heavy (non-hydrogen) atoms. The van der Waals surface area contributed by atoms with Crippen LogP contribution in [0.4, 0.5) is 81.4 Å². The van der Waals surface area contributed by atoms with E-state index in [4.69, 9.17) is 9.47 Å². The van der Waals surface area contributed by atoms with Crippen LogP contribution in [0.1, 0.15) is 83.5 Å². The van der Waals surface area contributed by atoms with Crippen molar-refractivity contribution in [2.24, 2.45) is 0 Å². The molecule has 0 bridgehead atoms. The van der Waals surface area contributed by atoms with Crippen molar-refractivity contribution in [3.8, 4) is 78.6 Å². The van der Waals surface area contributed by atoms with Crippen LogP contribution in [0.5, 0.6) is 23.0 Å². The van der Waals surface area contributed by atoms with Crippen LogP contribution in [0.15, 0.2) is 554 Å². The Bertz CT molecular complexity index is 8340. The molecule has 0 aliphatic heterocycles. The maximum absolute atomic E-state index is 16.0. The highest BCUT2D eigenvalue weighted by atomic mass is 19.1. The molecule has 22 aromatic rings. The lowest BCUT2D eigenvalue weighted by Crippen LogP contribution is -2.29. The lowest BCUT2D eigenvalue weighted by atomic mass is 9.67. The second kappa shape index (κ2) is 38.6. The summed E-state index contributed by atoms with van der Waals surface area (Å²) in [5, 5.41) is 0. The molecule has 0 fully saturated rings. The van der Waals surface area contributed by atoms with E-state index in [-0.39, 0.29) is 17.5 Å². The van der Waals surface area contributed by atoms with Crippen LogP contribution in [-0.2, 0) is 16.2 Å². The summed E-state index contributed by atoms with van der Waals surface area (Å²) in [5.41, 5.74) is 34.7. The molecule has 22 aromatic carbocycles. The quantitative estimate of drug-likeness (QED) is 0.0510. The Hall–Kier alpha value is -19.4. The van der Waals surface area contributed by atoms with Gasteiger partial charge in [0.1, 0.15) is 40.4 Å². The highest BCUT2D eigenvalue weighted by Gasteiger charge is 2.51. The monoisotopic (exact) mass is 1930 g/mol. The predicted molar refractivity (Wildman–Crippen MR) is 611 cm³/mol. The van der Waals surface area contributed by atoms with Crippen molar-refractivity contribution in [2.75, 3.05) is 19.6 Å². The van der Waals surface area contributed by atoms with Crippen LogP contribution in [-0.4, -0.2) is 0 Å². The van der Waals surface area contributed by atoms with Gasteiger partial charge in [0.15, 0.2) is 0 Å². The minimum Gasteiger partial charge on any atom is -0.457 e. The first-order chi connectivity index (χ1) is 73.9. The van der Waals surface area contributed by atoms with E-state index in [1.807, 2.05) is 140 Å². The van der Waals surface area contributed by atoms with E-state index in [2.05, 4.69) is 415 Å². The number of hydrogen-bond donors (Lipinski definition) is 0. The fourth-order valence-corrected chi connectivity index (χ4v) is 23.2. The van der Waals surface area contributed by atoms with Gasteiger partial charge in [0.2, 0.25) is 0 Å². The number of para-hydroxylation sites is 4. The molecule has 0 saturated carbocycles. The summed E-state index contributed by atoms with van der Waals surface area (Å²) >= 11 is 0. The molecule has 0 heterocycles. The third kappa shape index (κ3) is 16.1. The van der Waals surface area contributed by atoms with Gasteiger partial charge in [0.25, 0.3) is 0 Å². The van der Waals surface area contributed by atoms with Gasteiger partial charge in [-0.1, -0.05) is 341 Å². The highest BCUT2D eigenvalue weighted by Crippen LogP contribution is 2.63. The summed E-state index contributed by atoms with van der Waals surface area (Å²) in [4.78, 5) is 9.30. The molecule has 0 amide bonds. The number of benzene rings is 22. The lowest BCUT2D eigenvalue weighted by molar-refractivity contribution is 0.482. The molecule has 0 spiro atoms. The normalized spacial score (nSPS) is 14.7. The summed E-state index contributed by atoms with van der Waals surface area (Å²) in [6, 6.07) is 184. The largest absolute Gasteiger partial charge is 0.457 e. The number of anilines is 12. The molecule has 2 atom stereocenters. The van der Waals surface area contributed by atoms with Crippen molar-refractivity contribution < 1.29 is 22.6 Å². The summed E-state index contributed by atoms with van der Waals surface area (Å²) < 4.78 is 59.5. The predicted octanol–water partition coefficient (Wildman–Crippen LogP) is 37.9. The van der Waals surface area contributed by atoms with Crippen LogP contribution in [0.2, 0.25) is 0 Å². The number of hydrogen-bond acceptors (Lipinski definition) is 6. The summed E-state index contributed by atoms with van der Waals surface area (Å²) in [6.45, 7) is 12.1. The van der Waals surface area contributed by atoms with E-state index in [9.17, 15) is 0 Å². The summed E-state index contributed by atoms with van der Waals surface area (Å²) in [5.74, 6) is 1.88. The average molecular weight is 1940 g/mol. The van der Waals surface area contributed by atoms with E-state index >= 15 is 13.2 Å². The molecule has 25 rings (SSSR count). The van der Waals surface area contributed by atoms with Gasteiger partial charge in [-0.3, -0.25) is 0 Å². The Balaban J connectivity index is 0.543. The third-order valence-corrected chi connectivity index (χ3v) is 30.1. The first-order valence-electron chi connectivity index (χ1n) is 50.5. The maximum Gasteiger partial charge on any atom is 0.127 e. The molecule has 2 unspecified atom stereocenters. The molecule has 0 saturated heterocycles. The van der Waals surface area contributed by atoms with Crippen molar-refractivity contribution in [1.82, 2.24) is 0 Å². The Kier molecular flexibility index (Phi) is 23.7. The number of fused-ring (bicyclic) bond motifs is 9. The fourth-order valence-electron chi connectivity index (χ4n) is 23.2. The third-order valence-electron chi connectivity index (χ3n) is 30.1. The summed E-state index contributed by atoms with van der Waals surface area (Å²) in [6.07, 6.45) is 5.51. The van der Waals surface area contributed by atoms with Crippen LogP contribution < -0.4 is 29.1 Å². The van der Waals surface area contributed by atoms with Crippen molar-refractivity contribution >= 4 is 86.5 Å². The molecule has 3 aliphatic rings. The van der Waals surface area contributed by atoms with Crippen molar-refractivity contribution in [3.05, 3.63) is 654 Å². The Morgan fingerprint density at radius 3 is 0.587 bits per heavy atom. The summed E-state index contributed by atoms with van der Waals surface area (Å²) in [7, 11) is 0. The second-order valence-electron chi connectivity index (χ2n) is 38.3. The average Bonchev–Trinajstić information content (AvgIpc) is 1.53. The van der Waals surface area contributed by atoms with Crippen LogP contribution in [0, 0.1) is 17.5 Å². The Morgan fingerprint density at radius 2 is 0.347 bits per heavy atom. The zero-order valence-electron chi connectivity index (χ0n) is 81.9. The SMILES string of the molecule is C=Cc1ccc(Oc2ccc(C3(c4ccc(F)cc4)c4ccccc4-c4ccc(N(c5ccccc5)c5ccc(-c6ccc(N(c7ccccc7)c7ccc8c(c7)C(c7ccc(F)cc7)(c7ccc(C=C)cc7)c7cc(N(c9ccccc9)c9ccc(-c%10ccc(N(c%11ccccc%11)c%11ccc%12c(c%11)C(c%11ccc(F)cc%11)(c%11ccc(Oc%13ccc(C=C)cc%13)cc%11)c%11ccccc%11-%12)cc%10)cc9)ccc7-8)cc6)cc5)cc43)cc2)cc1.